The largest absolute Gasteiger partial charge is 0.487 e. The van der Waals surface area contributed by atoms with E-state index in [1.165, 1.54) is 6.33 Å². The monoisotopic (exact) mass is 469 g/mol. The Labute approximate surface area is 196 Å². The number of hydrogen-bond donors (Lipinski definition) is 3. The van der Waals surface area contributed by atoms with Gasteiger partial charge in [-0.1, -0.05) is 32.9 Å². The van der Waals surface area contributed by atoms with Crippen LogP contribution in [0.3, 0.4) is 0 Å². The first-order chi connectivity index (χ1) is 16.1. The Kier molecular flexibility index (Phi) is 7.85. The van der Waals surface area contributed by atoms with Crippen LogP contribution < -0.4 is 14.8 Å². The summed E-state index contributed by atoms with van der Waals surface area (Å²) in [7, 11) is 0. The normalized spacial score (nSPS) is 11.3. The number of ether oxygens (including phenoxy) is 3. The lowest BCUT2D eigenvalue weighted by molar-refractivity contribution is -0.142. The van der Waals surface area contributed by atoms with Crippen molar-refractivity contribution in [2.45, 2.75) is 26.2 Å². The lowest BCUT2D eigenvalue weighted by Crippen LogP contribution is -2.14. The summed E-state index contributed by atoms with van der Waals surface area (Å²) in [5, 5.41) is 21.6. The fourth-order valence-corrected chi connectivity index (χ4v) is 3.10. The second-order valence-corrected chi connectivity index (χ2v) is 8.47. The second-order valence-electron chi connectivity index (χ2n) is 8.47. The molecule has 34 heavy (non-hydrogen) atoms. The fourth-order valence-electron chi connectivity index (χ4n) is 3.10. The Morgan fingerprint density at radius 3 is 2.38 bits per heavy atom. The third-order valence-electron chi connectivity index (χ3n) is 4.75. The average Bonchev–Trinajstić information content (AvgIpc) is 2.77. The lowest BCUT2D eigenvalue weighted by atomic mass is 9.87. The van der Waals surface area contributed by atoms with Gasteiger partial charge in [-0.25, -0.2) is 19.6 Å². The van der Waals surface area contributed by atoms with Gasteiger partial charge in [0.15, 0.2) is 18.1 Å². The minimum atomic E-state index is -1.14. The van der Waals surface area contributed by atoms with Crippen molar-refractivity contribution in [3.63, 3.8) is 0 Å². The Hall–Kier alpha value is -3.92. The van der Waals surface area contributed by atoms with Crippen molar-refractivity contribution >= 4 is 34.3 Å². The number of hydrogen-bond acceptors (Lipinski definition) is 8. The van der Waals surface area contributed by atoms with E-state index < -0.39 is 25.2 Å². The van der Waals surface area contributed by atoms with Gasteiger partial charge in [0.05, 0.1) is 12.1 Å². The molecule has 10 heteroatoms. The number of nitrogens with one attached hydrogen (secondary N) is 1. The maximum absolute atomic E-state index is 11.1. The van der Waals surface area contributed by atoms with Crippen molar-refractivity contribution in [2.24, 2.45) is 0 Å². The molecule has 10 nitrogen and oxygen atoms in total. The van der Waals surface area contributed by atoms with E-state index in [2.05, 4.69) is 42.1 Å². The molecule has 0 radical (unpaired) electrons. The SMILES string of the molecule is CC(C)(C)c1cccc(Nc2ncnc3cc(OCCOCC(=O)O)c(OCC(=O)O)cc23)c1. The predicted molar refractivity (Wildman–Crippen MR) is 125 cm³/mol. The Bertz CT molecular complexity index is 1170. The molecule has 180 valence electrons. The first kappa shape index (κ1) is 24.7. The summed E-state index contributed by atoms with van der Waals surface area (Å²) in [6.07, 6.45) is 1.41. The van der Waals surface area contributed by atoms with Crippen LogP contribution in [0.1, 0.15) is 26.3 Å². The summed E-state index contributed by atoms with van der Waals surface area (Å²) in [6.45, 7) is 5.45. The molecule has 0 amide bonds. The van der Waals surface area contributed by atoms with Crippen LogP contribution in [0, 0.1) is 0 Å². The quantitative estimate of drug-likeness (QED) is 0.357. The highest BCUT2D eigenvalue weighted by Crippen LogP contribution is 2.35. The van der Waals surface area contributed by atoms with Crippen LogP contribution in [0.4, 0.5) is 11.5 Å². The van der Waals surface area contributed by atoms with E-state index in [0.717, 1.165) is 11.3 Å². The predicted octanol–water partition coefficient (Wildman–Crippen LogP) is 3.61. The molecular formula is C24H27N3O7. The van der Waals surface area contributed by atoms with Crippen LogP contribution in [0.5, 0.6) is 11.5 Å². The summed E-state index contributed by atoms with van der Waals surface area (Å²) in [5.74, 6) is -1.26. The number of aliphatic carboxylic acids is 2. The van der Waals surface area contributed by atoms with E-state index in [0.29, 0.717) is 16.7 Å². The van der Waals surface area contributed by atoms with Gasteiger partial charge in [0.2, 0.25) is 0 Å². The van der Waals surface area contributed by atoms with Crippen molar-refractivity contribution in [1.29, 1.82) is 0 Å². The van der Waals surface area contributed by atoms with Crippen molar-refractivity contribution in [2.75, 3.05) is 31.7 Å². The Morgan fingerprint density at radius 2 is 1.68 bits per heavy atom. The molecule has 0 atom stereocenters. The maximum Gasteiger partial charge on any atom is 0.341 e. The topological polar surface area (TPSA) is 140 Å². The van der Waals surface area contributed by atoms with E-state index >= 15 is 0 Å². The Morgan fingerprint density at radius 1 is 0.941 bits per heavy atom. The third kappa shape index (κ3) is 6.79. The summed E-state index contributed by atoms with van der Waals surface area (Å²) < 4.78 is 16.0. The summed E-state index contributed by atoms with van der Waals surface area (Å²) in [5.41, 5.74) is 2.52. The number of fused-ring (bicyclic) bond motifs is 1. The van der Waals surface area contributed by atoms with Crippen molar-refractivity contribution in [3.05, 3.63) is 48.3 Å². The second kappa shape index (κ2) is 10.8. The van der Waals surface area contributed by atoms with Gasteiger partial charge in [-0.2, -0.15) is 0 Å². The zero-order valence-electron chi connectivity index (χ0n) is 19.2. The first-order valence-electron chi connectivity index (χ1n) is 10.6. The smallest absolute Gasteiger partial charge is 0.341 e. The molecule has 3 rings (SSSR count). The molecule has 0 aliphatic heterocycles. The molecular weight excluding hydrogens is 442 g/mol. The number of carbonyl (C=O) groups is 2. The highest BCUT2D eigenvalue weighted by molar-refractivity contribution is 5.93. The number of carboxylic acid groups (broad SMARTS) is 2. The molecule has 1 heterocycles. The van der Waals surface area contributed by atoms with E-state index in [9.17, 15) is 9.59 Å². The minimum Gasteiger partial charge on any atom is -0.487 e. The van der Waals surface area contributed by atoms with Gasteiger partial charge in [0.25, 0.3) is 0 Å². The van der Waals surface area contributed by atoms with Crippen molar-refractivity contribution < 1.29 is 34.0 Å². The van der Waals surface area contributed by atoms with Crippen LogP contribution in [0.15, 0.2) is 42.7 Å². The van der Waals surface area contributed by atoms with Crippen molar-refractivity contribution in [1.82, 2.24) is 9.97 Å². The highest BCUT2D eigenvalue weighted by Gasteiger charge is 2.16. The number of anilines is 2. The van der Waals surface area contributed by atoms with E-state index in [1.807, 2.05) is 18.2 Å². The first-order valence-corrected chi connectivity index (χ1v) is 10.6. The minimum absolute atomic E-state index is 0.0241. The Balaban J connectivity index is 1.90. The van der Waals surface area contributed by atoms with Crippen LogP contribution in [-0.2, 0) is 19.7 Å². The van der Waals surface area contributed by atoms with Gasteiger partial charge in [-0.15, -0.1) is 0 Å². The molecule has 0 saturated carbocycles. The van der Waals surface area contributed by atoms with Gasteiger partial charge < -0.3 is 29.7 Å². The molecule has 0 unspecified atom stereocenters. The van der Waals surface area contributed by atoms with E-state index in [4.69, 9.17) is 24.4 Å². The molecule has 0 bridgehead atoms. The third-order valence-corrected chi connectivity index (χ3v) is 4.75. The van der Waals surface area contributed by atoms with Crippen LogP contribution in [0.25, 0.3) is 10.9 Å². The van der Waals surface area contributed by atoms with Gasteiger partial charge in [0, 0.05) is 17.1 Å². The molecule has 1 aromatic heterocycles. The number of nitrogens with zero attached hydrogens (tertiary/aromatic N) is 2. The fraction of sp³-hybridized carbons (Fsp3) is 0.333. The average molecular weight is 469 g/mol. The van der Waals surface area contributed by atoms with Crippen LogP contribution in [0.2, 0.25) is 0 Å². The van der Waals surface area contributed by atoms with Gasteiger partial charge >= 0.3 is 11.9 Å². The standard InChI is InChI=1S/C24H27N3O7/c1-24(2,3)15-5-4-6-16(9-15)27-23-17-10-19(34-13-22(30)31)20(11-18(17)25-14-26-23)33-8-7-32-12-21(28)29/h4-6,9-11,14H,7-8,12-13H2,1-3H3,(H,28,29)(H,30,31)(H,25,26,27). The van der Waals surface area contributed by atoms with Gasteiger partial charge in [-0.05, 0) is 29.2 Å². The van der Waals surface area contributed by atoms with Crippen LogP contribution >= 0.6 is 0 Å². The maximum atomic E-state index is 11.1. The van der Waals surface area contributed by atoms with Crippen LogP contribution in [-0.4, -0.2) is 58.5 Å². The summed E-state index contributed by atoms with van der Waals surface area (Å²) >= 11 is 0. The number of aromatic nitrogens is 2. The molecule has 3 N–H and O–H groups in total. The van der Waals surface area contributed by atoms with Gasteiger partial charge in [0.1, 0.15) is 25.4 Å². The number of benzene rings is 2. The molecule has 0 saturated heterocycles. The molecule has 0 aliphatic rings. The van der Waals surface area contributed by atoms with Gasteiger partial charge in [-0.3, -0.25) is 0 Å². The molecule has 0 spiro atoms. The highest BCUT2D eigenvalue weighted by atomic mass is 16.6. The molecule has 2 aromatic carbocycles. The summed E-state index contributed by atoms with van der Waals surface area (Å²) in [6, 6.07) is 11.2. The summed E-state index contributed by atoms with van der Waals surface area (Å²) in [4.78, 5) is 30.2. The lowest BCUT2D eigenvalue weighted by Gasteiger charge is -2.20. The number of carboxylic acids is 2. The van der Waals surface area contributed by atoms with Crippen molar-refractivity contribution in [3.8, 4) is 11.5 Å². The van der Waals surface area contributed by atoms with E-state index in [-0.39, 0.29) is 30.1 Å². The molecule has 3 aromatic rings. The zero-order chi connectivity index (χ0) is 24.7. The molecule has 0 aliphatic carbocycles. The number of rotatable bonds is 11. The van der Waals surface area contributed by atoms with E-state index in [1.54, 1.807) is 12.1 Å². The molecule has 0 fully saturated rings. The zero-order valence-corrected chi connectivity index (χ0v) is 19.2.